The maximum atomic E-state index is 14.6. The van der Waals surface area contributed by atoms with Crippen molar-refractivity contribution < 1.29 is 18.8 Å². The molecule has 1 atom stereocenters. The van der Waals surface area contributed by atoms with Crippen molar-refractivity contribution in [2.75, 3.05) is 37.7 Å². The molecule has 1 aromatic rings. The normalized spacial score (nSPS) is 20.3. The van der Waals surface area contributed by atoms with E-state index in [9.17, 15) is 9.18 Å². The summed E-state index contributed by atoms with van der Waals surface area (Å²) in [5.41, 5.74) is 1.74. The van der Waals surface area contributed by atoms with Crippen molar-refractivity contribution in [1.29, 1.82) is 0 Å². The van der Waals surface area contributed by atoms with E-state index >= 15 is 0 Å². The zero-order chi connectivity index (χ0) is 19.6. The first-order chi connectivity index (χ1) is 12.8. The molecule has 0 radical (unpaired) electrons. The molecular formula is C20H28FN3O3. The zero-order valence-corrected chi connectivity index (χ0v) is 16.5. The van der Waals surface area contributed by atoms with Crippen LogP contribution in [0.25, 0.3) is 0 Å². The number of ether oxygens (including phenoxy) is 1. The highest BCUT2D eigenvalue weighted by atomic mass is 19.1. The Morgan fingerprint density at radius 1 is 1.33 bits per heavy atom. The van der Waals surface area contributed by atoms with E-state index in [1.54, 1.807) is 17.9 Å². The maximum Gasteiger partial charge on any atom is 0.220 e. The summed E-state index contributed by atoms with van der Waals surface area (Å²) in [6.45, 7) is 10.6. The molecule has 1 aromatic carbocycles. The van der Waals surface area contributed by atoms with E-state index < -0.39 is 0 Å². The third kappa shape index (κ3) is 4.58. The molecule has 148 valence electrons. The van der Waals surface area contributed by atoms with E-state index in [1.807, 2.05) is 31.7 Å². The second kappa shape index (κ2) is 7.84. The summed E-state index contributed by atoms with van der Waals surface area (Å²) >= 11 is 0. The summed E-state index contributed by atoms with van der Waals surface area (Å²) in [5, 5.41) is 4.14. The Balaban J connectivity index is 1.66. The van der Waals surface area contributed by atoms with E-state index in [4.69, 9.17) is 9.57 Å². The molecule has 1 fully saturated rings. The van der Waals surface area contributed by atoms with E-state index in [0.717, 1.165) is 5.56 Å². The molecule has 3 rings (SSSR count). The Hall–Kier alpha value is -2.15. The van der Waals surface area contributed by atoms with Crippen LogP contribution in [0.5, 0.6) is 0 Å². The van der Waals surface area contributed by atoms with Crippen LogP contribution in [0, 0.1) is 5.82 Å². The molecule has 0 N–H and O–H groups in total. The number of benzene rings is 1. The van der Waals surface area contributed by atoms with Crippen molar-refractivity contribution in [2.24, 2.45) is 5.16 Å². The Labute approximate surface area is 159 Å². The van der Waals surface area contributed by atoms with E-state index in [-0.39, 0.29) is 23.4 Å². The van der Waals surface area contributed by atoms with E-state index in [1.165, 1.54) is 6.07 Å². The van der Waals surface area contributed by atoms with Gasteiger partial charge in [-0.15, -0.1) is 0 Å². The fourth-order valence-corrected chi connectivity index (χ4v) is 3.52. The van der Waals surface area contributed by atoms with Gasteiger partial charge in [-0.3, -0.25) is 4.79 Å². The standard InChI is InChI=1S/C20H28FN3O3/c1-14(25)24(20(2,3)4)13-16-12-18(22-27-16)15-5-6-19(17(21)11-15)23-7-9-26-10-8-23/h5-6,11,16H,7-10,12-13H2,1-4H3/t16-/m0/s1. The van der Waals surface area contributed by atoms with Gasteiger partial charge >= 0.3 is 0 Å². The van der Waals surface area contributed by atoms with Crippen LogP contribution in [0.2, 0.25) is 0 Å². The van der Waals surface area contributed by atoms with Crippen LogP contribution in [-0.4, -0.2) is 61.0 Å². The lowest BCUT2D eigenvalue weighted by Crippen LogP contribution is -2.48. The topological polar surface area (TPSA) is 54.4 Å². The summed E-state index contributed by atoms with van der Waals surface area (Å²) in [5.74, 6) is -0.263. The van der Waals surface area contributed by atoms with Gasteiger partial charge in [-0.1, -0.05) is 11.2 Å². The molecule has 1 saturated heterocycles. The fraction of sp³-hybridized carbons (Fsp3) is 0.600. The highest BCUT2D eigenvalue weighted by Gasteiger charge is 2.31. The minimum Gasteiger partial charge on any atom is -0.390 e. The monoisotopic (exact) mass is 377 g/mol. The van der Waals surface area contributed by atoms with Crippen molar-refractivity contribution in [2.45, 2.75) is 45.8 Å². The number of rotatable bonds is 4. The predicted octanol–water partition coefficient (Wildman–Crippen LogP) is 2.80. The Morgan fingerprint density at radius 2 is 2.04 bits per heavy atom. The number of hydrogen-bond acceptors (Lipinski definition) is 5. The van der Waals surface area contributed by atoms with Crippen LogP contribution in [0.15, 0.2) is 23.4 Å². The highest BCUT2D eigenvalue weighted by molar-refractivity contribution is 6.01. The molecule has 6 nitrogen and oxygen atoms in total. The van der Waals surface area contributed by atoms with Gasteiger partial charge in [-0.2, -0.15) is 0 Å². The number of carbonyl (C=O) groups is 1. The smallest absolute Gasteiger partial charge is 0.220 e. The maximum absolute atomic E-state index is 14.6. The molecule has 27 heavy (non-hydrogen) atoms. The quantitative estimate of drug-likeness (QED) is 0.810. The first-order valence-corrected chi connectivity index (χ1v) is 9.39. The van der Waals surface area contributed by atoms with Crippen molar-refractivity contribution in [3.8, 4) is 0 Å². The second-order valence-electron chi connectivity index (χ2n) is 8.04. The van der Waals surface area contributed by atoms with Gasteiger partial charge in [0, 0.05) is 37.5 Å². The summed E-state index contributed by atoms with van der Waals surface area (Å²) in [6, 6.07) is 5.19. The number of nitrogens with zero attached hydrogens (tertiary/aromatic N) is 3. The van der Waals surface area contributed by atoms with Gasteiger partial charge in [0.2, 0.25) is 5.91 Å². The van der Waals surface area contributed by atoms with E-state index in [2.05, 4.69) is 5.16 Å². The summed E-state index contributed by atoms with van der Waals surface area (Å²) in [6.07, 6.45) is 0.334. The summed E-state index contributed by atoms with van der Waals surface area (Å²) in [7, 11) is 0. The van der Waals surface area contributed by atoms with Gasteiger partial charge < -0.3 is 19.4 Å². The predicted molar refractivity (Wildman–Crippen MR) is 103 cm³/mol. The number of amides is 1. The van der Waals surface area contributed by atoms with Crippen LogP contribution < -0.4 is 4.90 Å². The number of oxime groups is 1. The molecule has 7 heteroatoms. The number of anilines is 1. The van der Waals surface area contributed by atoms with Crippen molar-refractivity contribution >= 4 is 17.3 Å². The van der Waals surface area contributed by atoms with E-state index in [0.29, 0.717) is 50.7 Å². The van der Waals surface area contributed by atoms with Crippen LogP contribution in [0.1, 0.15) is 39.7 Å². The number of hydrogen-bond donors (Lipinski definition) is 0. The lowest BCUT2D eigenvalue weighted by atomic mass is 10.0. The van der Waals surface area contributed by atoms with Gasteiger partial charge in [0.05, 0.1) is 31.2 Å². The zero-order valence-electron chi connectivity index (χ0n) is 16.5. The van der Waals surface area contributed by atoms with Crippen LogP contribution in [0.3, 0.4) is 0 Å². The molecule has 0 spiro atoms. The van der Waals surface area contributed by atoms with Gasteiger partial charge in [0.25, 0.3) is 0 Å². The molecule has 0 bridgehead atoms. The van der Waals surface area contributed by atoms with Crippen molar-refractivity contribution in [3.05, 3.63) is 29.6 Å². The second-order valence-corrected chi connectivity index (χ2v) is 8.04. The van der Waals surface area contributed by atoms with Gasteiger partial charge in [-0.25, -0.2) is 4.39 Å². The Bertz CT molecular complexity index is 724. The SMILES string of the molecule is CC(=O)N(C[C@@H]1CC(c2ccc(N3CCOCC3)c(F)c2)=NO1)C(C)(C)C. The Morgan fingerprint density at radius 3 is 2.63 bits per heavy atom. The summed E-state index contributed by atoms with van der Waals surface area (Å²) in [4.78, 5) is 21.2. The average molecular weight is 377 g/mol. The molecule has 0 unspecified atom stereocenters. The number of morpholine rings is 1. The van der Waals surface area contributed by atoms with Crippen LogP contribution in [-0.2, 0) is 14.4 Å². The van der Waals surface area contributed by atoms with Gasteiger partial charge in [0.1, 0.15) is 5.82 Å². The van der Waals surface area contributed by atoms with Gasteiger partial charge in [0.15, 0.2) is 6.10 Å². The number of carbonyl (C=O) groups excluding carboxylic acids is 1. The molecule has 0 aliphatic carbocycles. The van der Waals surface area contributed by atoms with Crippen LogP contribution in [0.4, 0.5) is 10.1 Å². The van der Waals surface area contributed by atoms with Crippen LogP contribution >= 0.6 is 0 Å². The van der Waals surface area contributed by atoms with Gasteiger partial charge in [-0.05, 0) is 32.9 Å². The molecule has 2 heterocycles. The first kappa shape index (κ1) is 19.6. The highest BCUT2D eigenvalue weighted by Crippen LogP contribution is 2.25. The minimum absolute atomic E-state index is 0.000425. The first-order valence-electron chi connectivity index (χ1n) is 9.39. The fourth-order valence-electron chi connectivity index (χ4n) is 3.52. The Kier molecular flexibility index (Phi) is 5.69. The lowest BCUT2D eigenvalue weighted by Gasteiger charge is -2.36. The average Bonchev–Trinajstić information content (AvgIpc) is 3.08. The van der Waals surface area contributed by atoms with Crippen molar-refractivity contribution in [1.82, 2.24) is 4.90 Å². The number of halogens is 1. The minimum atomic E-state index is -0.288. The molecular weight excluding hydrogens is 349 g/mol. The molecule has 2 aliphatic heterocycles. The lowest BCUT2D eigenvalue weighted by molar-refractivity contribution is -0.135. The third-order valence-electron chi connectivity index (χ3n) is 4.94. The molecule has 0 aromatic heterocycles. The summed E-state index contributed by atoms with van der Waals surface area (Å²) < 4.78 is 19.9. The van der Waals surface area contributed by atoms with Crippen molar-refractivity contribution in [3.63, 3.8) is 0 Å². The molecule has 1 amide bonds. The molecule has 0 saturated carbocycles. The molecule has 2 aliphatic rings. The third-order valence-corrected chi connectivity index (χ3v) is 4.94. The largest absolute Gasteiger partial charge is 0.390 e.